The average molecular weight is 628 g/mol. The first-order chi connectivity index (χ1) is 21.5. The number of benzene rings is 2. The molecule has 45 heavy (non-hydrogen) atoms. The van der Waals surface area contributed by atoms with Crippen LogP contribution in [-0.4, -0.2) is 84.0 Å². The smallest absolute Gasteiger partial charge is 0.307 e. The van der Waals surface area contributed by atoms with E-state index in [2.05, 4.69) is 4.98 Å². The number of aromatic hydroxyl groups is 1. The molecule has 0 aliphatic carbocycles. The maximum Gasteiger partial charge on any atom is 0.307 e. The van der Waals surface area contributed by atoms with Crippen molar-refractivity contribution in [3.05, 3.63) is 65.2 Å². The molecule has 1 aromatic heterocycles. The zero-order chi connectivity index (χ0) is 32.7. The third-order valence-corrected chi connectivity index (χ3v) is 6.91. The quantitative estimate of drug-likeness (QED) is 0.149. The van der Waals surface area contributed by atoms with Gasteiger partial charge in [0.15, 0.2) is 11.5 Å². The molecule has 0 spiro atoms. The molecule has 1 saturated heterocycles. The normalized spacial score (nSPS) is 13.6. The van der Waals surface area contributed by atoms with E-state index < -0.39 is 41.0 Å². The summed E-state index contributed by atoms with van der Waals surface area (Å²) in [5, 5.41) is 18.0. The number of nitrogens with one attached hydrogen (secondary N) is 1. The van der Waals surface area contributed by atoms with Crippen LogP contribution in [0.5, 0.6) is 34.8 Å². The van der Waals surface area contributed by atoms with Crippen molar-refractivity contribution in [3.8, 4) is 34.8 Å². The summed E-state index contributed by atoms with van der Waals surface area (Å²) in [7, 11) is 3.15. The molecule has 1 aliphatic rings. The SMILES string of the molecule is CCOC(=O)CCN1CCC(Oc2c(F)c(Oc3cccc(C(=O)N(C)C)c3)nc(Oc3cc(C(=N)N)ccc3O)c2F)CC1. The lowest BCUT2D eigenvalue weighted by Crippen LogP contribution is -2.39. The molecule has 0 unspecified atom stereocenters. The number of amidine groups is 1. The number of likely N-dealkylation sites (tertiary alicyclic amines) is 1. The number of hydrogen-bond acceptors (Lipinski definition) is 10. The molecule has 0 bridgehead atoms. The number of esters is 1. The number of carbonyl (C=O) groups excluding carboxylic acids is 2. The third kappa shape index (κ3) is 8.35. The number of nitrogens with zero attached hydrogens (tertiary/aromatic N) is 3. The number of hydrogen-bond donors (Lipinski definition) is 3. The van der Waals surface area contributed by atoms with Crippen LogP contribution in [0.25, 0.3) is 0 Å². The number of phenols is 1. The maximum absolute atomic E-state index is 15.8. The molecule has 1 aliphatic heterocycles. The number of ether oxygens (including phenoxy) is 4. The van der Waals surface area contributed by atoms with E-state index in [1.54, 1.807) is 27.1 Å². The molecule has 1 fully saturated rings. The number of nitrogen functional groups attached to an aromatic ring is 1. The van der Waals surface area contributed by atoms with Gasteiger partial charge in [0, 0.05) is 44.9 Å². The van der Waals surface area contributed by atoms with Crippen LogP contribution in [0.3, 0.4) is 0 Å². The highest BCUT2D eigenvalue weighted by molar-refractivity contribution is 5.95. The van der Waals surface area contributed by atoms with Gasteiger partial charge in [-0.05, 0) is 56.2 Å². The van der Waals surface area contributed by atoms with Crippen LogP contribution < -0.4 is 19.9 Å². The van der Waals surface area contributed by atoms with Gasteiger partial charge in [-0.2, -0.15) is 13.8 Å². The van der Waals surface area contributed by atoms with Gasteiger partial charge in [-0.1, -0.05) is 6.07 Å². The highest BCUT2D eigenvalue weighted by atomic mass is 19.1. The fourth-order valence-corrected chi connectivity index (χ4v) is 4.55. The Hall–Kier alpha value is -4.98. The van der Waals surface area contributed by atoms with Crippen molar-refractivity contribution in [2.24, 2.45) is 5.73 Å². The first-order valence-electron chi connectivity index (χ1n) is 14.2. The van der Waals surface area contributed by atoms with Crippen molar-refractivity contribution in [2.45, 2.75) is 32.3 Å². The fourth-order valence-electron chi connectivity index (χ4n) is 4.55. The van der Waals surface area contributed by atoms with E-state index in [9.17, 15) is 14.7 Å². The Labute approximate surface area is 258 Å². The Kier molecular flexibility index (Phi) is 10.7. The predicted octanol–water partition coefficient (Wildman–Crippen LogP) is 4.43. The van der Waals surface area contributed by atoms with E-state index >= 15 is 8.78 Å². The summed E-state index contributed by atoms with van der Waals surface area (Å²) < 4.78 is 53.7. The van der Waals surface area contributed by atoms with E-state index in [0.717, 1.165) is 0 Å². The summed E-state index contributed by atoms with van der Waals surface area (Å²) in [6.45, 7) is 3.56. The standard InChI is InChI=1S/C31H35F2N5O7/c1-4-42-24(40)12-15-38-13-10-20(11-14-38)43-27-25(32)29(44-21-7-5-6-19(16-21)31(41)37(2)3)36-30(26(27)33)45-23-17-18(28(34)35)8-9-22(23)39/h5-9,16-17,20,39H,4,10-15H2,1-3H3,(H3,34,35). The van der Waals surface area contributed by atoms with Crippen LogP contribution in [0.15, 0.2) is 42.5 Å². The molecule has 14 heteroatoms. The predicted molar refractivity (Wildman–Crippen MR) is 159 cm³/mol. The number of phenolic OH excluding ortho intramolecular Hbond substituents is 1. The molecule has 3 aromatic rings. The summed E-state index contributed by atoms with van der Waals surface area (Å²) in [6, 6.07) is 9.69. The van der Waals surface area contributed by atoms with E-state index in [1.807, 2.05) is 4.90 Å². The first-order valence-corrected chi connectivity index (χ1v) is 14.2. The van der Waals surface area contributed by atoms with Crippen LogP contribution in [-0.2, 0) is 9.53 Å². The van der Waals surface area contributed by atoms with Gasteiger partial charge in [-0.15, -0.1) is 0 Å². The Balaban J connectivity index is 1.63. The number of amides is 1. The molecule has 2 aromatic carbocycles. The van der Waals surface area contributed by atoms with Crippen LogP contribution in [0, 0.1) is 17.0 Å². The number of piperidine rings is 1. The van der Waals surface area contributed by atoms with E-state index in [4.69, 9.17) is 30.1 Å². The van der Waals surface area contributed by atoms with Crippen molar-refractivity contribution >= 4 is 17.7 Å². The minimum Gasteiger partial charge on any atom is -0.504 e. The third-order valence-electron chi connectivity index (χ3n) is 6.91. The number of rotatable bonds is 12. The van der Waals surface area contributed by atoms with Crippen LogP contribution in [0.4, 0.5) is 8.78 Å². The summed E-state index contributed by atoms with van der Waals surface area (Å²) in [5.74, 6) is -6.44. The van der Waals surface area contributed by atoms with Crippen molar-refractivity contribution in [1.82, 2.24) is 14.8 Å². The van der Waals surface area contributed by atoms with Gasteiger partial charge in [0.05, 0.1) is 13.0 Å². The lowest BCUT2D eigenvalue weighted by molar-refractivity contribution is -0.143. The van der Waals surface area contributed by atoms with Crippen LogP contribution >= 0.6 is 0 Å². The van der Waals surface area contributed by atoms with E-state index in [0.29, 0.717) is 39.1 Å². The molecular weight excluding hydrogens is 592 g/mol. The van der Waals surface area contributed by atoms with Crippen molar-refractivity contribution in [3.63, 3.8) is 0 Å². The Morgan fingerprint density at radius 1 is 1.07 bits per heavy atom. The van der Waals surface area contributed by atoms with Gasteiger partial charge >= 0.3 is 5.97 Å². The van der Waals surface area contributed by atoms with Crippen LogP contribution in [0.2, 0.25) is 0 Å². The fraction of sp³-hybridized carbons (Fsp3) is 0.355. The van der Waals surface area contributed by atoms with Gasteiger partial charge < -0.3 is 39.6 Å². The molecule has 4 N–H and O–H groups in total. The lowest BCUT2D eigenvalue weighted by Gasteiger charge is -2.32. The number of carbonyl (C=O) groups is 2. The molecule has 0 saturated carbocycles. The number of halogens is 2. The molecular formula is C31H35F2N5O7. The van der Waals surface area contributed by atoms with Crippen LogP contribution in [0.1, 0.15) is 42.1 Å². The Bertz CT molecular complexity index is 1560. The maximum atomic E-state index is 15.8. The van der Waals surface area contributed by atoms with E-state index in [-0.39, 0.29) is 46.8 Å². The topological polar surface area (TPSA) is 161 Å². The Morgan fingerprint density at radius 2 is 1.76 bits per heavy atom. The first kappa shape index (κ1) is 32.9. The molecule has 12 nitrogen and oxygen atoms in total. The van der Waals surface area contributed by atoms with Gasteiger partial charge in [-0.3, -0.25) is 15.0 Å². The molecule has 4 rings (SSSR count). The van der Waals surface area contributed by atoms with Crippen molar-refractivity contribution in [1.29, 1.82) is 5.41 Å². The summed E-state index contributed by atoms with van der Waals surface area (Å²) in [6.07, 6.45) is 0.457. The van der Waals surface area contributed by atoms with Gasteiger partial charge in [0.1, 0.15) is 17.7 Å². The summed E-state index contributed by atoms with van der Waals surface area (Å²) in [4.78, 5) is 31.4. The van der Waals surface area contributed by atoms with Gasteiger partial charge in [0.2, 0.25) is 17.4 Å². The average Bonchev–Trinajstić information content (AvgIpc) is 3.01. The van der Waals surface area contributed by atoms with Gasteiger partial charge in [0.25, 0.3) is 17.7 Å². The summed E-state index contributed by atoms with van der Waals surface area (Å²) >= 11 is 0. The second kappa shape index (κ2) is 14.7. The molecule has 1 amide bonds. The second-order valence-electron chi connectivity index (χ2n) is 10.4. The number of pyridine rings is 1. The molecule has 0 radical (unpaired) electrons. The van der Waals surface area contributed by atoms with Gasteiger partial charge in [-0.25, -0.2) is 0 Å². The zero-order valence-corrected chi connectivity index (χ0v) is 25.1. The monoisotopic (exact) mass is 627 g/mol. The number of nitrogens with two attached hydrogens (primary N) is 1. The van der Waals surface area contributed by atoms with E-state index in [1.165, 1.54) is 41.3 Å². The minimum atomic E-state index is -1.28. The molecule has 0 atom stereocenters. The summed E-state index contributed by atoms with van der Waals surface area (Å²) in [5.41, 5.74) is 5.97. The van der Waals surface area contributed by atoms with Crippen molar-refractivity contribution < 1.29 is 42.4 Å². The lowest BCUT2D eigenvalue weighted by atomic mass is 10.1. The molecule has 240 valence electrons. The molecule has 2 heterocycles. The number of aromatic nitrogens is 1. The largest absolute Gasteiger partial charge is 0.504 e. The highest BCUT2D eigenvalue weighted by Gasteiger charge is 2.30. The second-order valence-corrected chi connectivity index (χ2v) is 10.4. The van der Waals surface area contributed by atoms with Crippen molar-refractivity contribution in [2.75, 3.05) is 40.3 Å². The Morgan fingerprint density at radius 3 is 2.40 bits per heavy atom. The highest BCUT2D eigenvalue weighted by Crippen LogP contribution is 2.40. The zero-order valence-electron chi connectivity index (χ0n) is 25.1. The minimum absolute atomic E-state index is 0.0361.